The molecule has 0 spiro atoms. The highest BCUT2D eigenvalue weighted by Gasteiger charge is 2.20. The Labute approximate surface area is 188 Å². The minimum absolute atomic E-state index is 0.168. The maximum absolute atomic E-state index is 12.4. The van der Waals surface area contributed by atoms with Crippen LogP contribution in [0.25, 0.3) is 22.2 Å². The number of nitrogens with one attached hydrogen (secondary N) is 1. The van der Waals surface area contributed by atoms with E-state index in [0.29, 0.717) is 16.5 Å². The van der Waals surface area contributed by atoms with E-state index in [0.717, 1.165) is 52.6 Å². The molecule has 0 atom stereocenters. The highest BCUT2D eigenvalue weighted by Crippen LogP contribution is 2.30. The van der Waals surface area contributed by atoms with E-state index < -0.39 is 0 Å². The predicted octanol–water partition coefficient (Wildman–Crippen LogP) is 5.04. The first-order valence-electron chi connectivity index (χ1n) is 10.5. The number of fused-ring (bicyclic) bond motifs is 3. The smallest absolute Gasteiger partial charge is 0.339 e. The van der Waals surface area contributed by atoms with Gasteiger partial charge in [0, 0.05) is 28.0 Å². The van der Waals surface area contributed by atoms with Crippen LogP contribution in [0.5, 0.6) is 5.75 Å². The number of rotatable bonds is 5. The Morgan fingerprint density at radius 3 is 2.84 bits per heavy atom. The van der Waals surface area contributed by atoms with Gasteiger partial charge in [-0.2, -0.15) is 0 Å². The SMILES string of the molecule is Cc1ccc(-c2csc(NC(=O)COc3ccc4c5c(c(=O)oc4c3)CCC5)n2)c(C)c1. The number of thiazole rings is 1. The number of hydrogen-bond donors (Lipinski definition) is 1. The molecule has 2 aromatic carbocycles. The summed E-state index contributed by atoms with van der Waals surface area (Å²) in [5.41, 5.74) is 6.30. The van der Waals surface area contributed by atoms with E-state index >= 15 is 0 Å². The summed E-state index contributed by atoms with van der Waals surface area (Å²) in [6.45, 7) is 3.94. The van der Waals surface area contributed by atoms with Gasteiger partial charge in [-0.15, -0.1) is 11.3 Å². The van der Waals surface area contributed by atoms with Crippen molar-refractivity contribution in [3.05, 3.63) is 74.5 Å². The Balaban J connectivity index is 1.25. The molecule has 7 heteroatoms. The van der Waals surface area contributed by atoms with Gasteiger partial charge in [0.1, 0.15) is 11.3 Å². The topological polar surface area (TPSA) is 81.4 Å². The third-order valence-electron chi connectivity index (χ3n) is 5.72. The average Bonchev–Trinajstić information content (AvgIpc) is 3.42. The summed E-state index contributed by atoms with van der Waals surface area (Å²) in [6.07, 6.45) is 2.63. The van der Waals surface area contributed by atoms with Gasteiger partial charge in [-0.1, -0.05) is 23.8 Å². The highest BCUT2D eigenvalue weighted by molar-refractivity contribution is 7.14. The van der Waals surface area contributed by atoms with Gasteiger partial charge in [0.2, 0.25) is 0 Å². The van der Waals surface area contributed by atoms with Crippen LogP contribution < -0.4 is 15.7 Å². The zero-order valence-corrected chi connectivity index (χ0v) is 18.7. The number of nitrogens with zero attached hydrogens (tertiary/aromatic N) is 1. The maximum atomic E-state index is 12.4. The lowest BCUT2D eigenvalue weighted by Crippen LogP contribution is -2.20. The fourth-order valence-corrected chi connectivity index (χ4v) is 4.94. The van der Waals surface area contributed by atoms with Gasteiger partial charge >= 0.3 is 5.63 Å². The summed E-state index contributed by atoms with van der Waals surface area (Å²) in [5, 5.41) is 6.17. The molecule has 1 N–H and O–H groups in total. The standard InChI is InChI=1S/C25H22N2O4S/c1-14-6-8-17(15(2)10-14)21-13-32-25(26-21)27-23(28)12-30-16-7-9-19-18-4-3-5-20(18)24(29)31-22(19)11-16/h6-11,13H,3-5,12H2,1-2H3,(H,26,27,28). The molecule has 32 heavy (non-hydrogen) atoms. The summed E-state index contributed by atoms with van der Waals surface area (Å²) in [7, 11) is 0. The van der Waals surface area contributed by atoms with Gasteiger partial charge in [-0.3, -0.25) is 10.1 Å². The molecule has 0 radical (unpaired) electrons. The van der Waals surface area contributed by atoms with Crippen LogP contribution in [0, 0.1) is 13.8 Å². The van der Waals surface area contributed by atoms with Crippen molar-refractivity contribution in [1.82, 2.24) is 4.98 Å². The van der Waals surface area contributed by atoms with Crippen LogP contribution in [0.4, 0.5) is 5.13 Å². The van der Waals surface area contributed by atoms with Gasteiger partial charge in [0.05, 0.1) is 5.69 Å². The van der Waals surface area contributed by atoms with Gasteiger partial charge in [0.25, 0.3) is 5.91 Å². The van der Waals surface area contributed by atoms with E-state index in [4.69, 9.17) is 9.15 Å². The lowest BCUT2D eigenvalue weighted by Gasteiger charge is -2.08. The van der Waals surface area contributed by atoms with Crippen LogP contribution in [0.2, 0.25) is 0 Å². The predicted molar refractivity (Wildman–Crippen MR) is 126 cm³/mol. The Hall–Kier alpha value is -3.45. The normalized spacial score (nSPS) is 12.7. The van der Waals surface area contributed by atoms with Gasteiger partial charge in [0.15, 0.2) is 11.7 Å². The molecular weight excluding hydrogens is 424 g/mol. The number of aromatic nitrogens is 1. The van der Waals surface area contributed by atoms with E-state index in [1.165, 1.54) is 16.9 Å². The number of benzene rings is 2. The number of ether oxygens (including phenoxy) is 1. The molecule has 5 rings (SSSR count). The third-order valence-corrected chi connectivity index (χ3v) is 6.48. The van der Waals surface area contributed by atoms with E-state index in [2.05, 4.69) is 23.3 Å². The number of carbonyl (C=O) groups excluding carboxylic acids is 1. The number of anilines is 1. The van der Waals surface area contributed by atoms with Crippen molar-refractivity contribution in [2.24, 2.45) is 0 Å². The molecule has 162 valence electrons. The van der Waals surface area contributed by atoms with Crippen molar-refractivity contribution in [3.63, 3.8) is 0 Å². The van der Waals surface area contributed by atoms with E-state index in [9.17, 15) is 9.59 Å². The Morgan fingerprint density at radius 1 is 1.16 bits per heavy atom. The summed E-state index contributed by atoms with van der Waals surface area (Å²) in [4.78, 5) is 29.1. The molecule has 1 aliphatic carbocycles. The summed E-state index contributed by atoms with van der Waals surface area (Å²) < 4.78 is 11.1. The first kappa shape index (κ1) is 20.5. The molecule has 4 aromatic rings. The second kappa shape index (κ2) is 8.24. The molecule has 0 aliphatic heterocycles. The molecular formula is C25H22N2O4S. The zero-order chi connectivity index (χ0) is 22.2. The molecule has 0 saturated heterocycles. The molecule has 0 fully saturated rings. The lowest BCUT2D eigenvalue weighted by molar-refractivity contribution is -0.118. The van der Waals surface area contributed by atoms with Crippen LogP contribution >= 0.6 is 11.3 Å². The maximum Gasteiger partial charge on any atom is 0.339 e. The monoisotopic (exact) mass is 446 g/mol. The number of aryl methyl sites for hydroxylation is 3. The van der Waals surface area contributed by atoms with Crippen LogP contribution in [-0.2, 0) is 17.6 Å². The van der Waals surface area contributed by atoms with Gasteiger partial charge < -0.3 is 9.15 Å². The van der Waals surface area contributed by atoms with Crippen LogP contribution in [0.3, 0.4) is 0 Å². The Bertz CT molecular complexity index is 1400. The molecule has 0 bridgehead atoms. The van der Waals surface area contributed by atoms with E-state index in [-0.39, 0.29) is 18.1 Å². The summed E-state index contributed by atoms with van der Waals surface area (Å²) >= 11 is 1.37. The number of hydrogen-bond acceptors (Lipinski definition) is 6. The van der Waals surface area contributed by atoms with Gasteiger partial charge in [-0.25, -0.2) is 9.78 Å². The summed E-state index contributed by atoms with van der Waals surface area (Å²) in [6, 6.07) is 11.6. The molecule has 2 aromatic heterocycles. The highest BCUT2D eigenvalue weighted by atomic mass is 32.1. The quantitative estimate of drug-likeness (QED) is 0.435. The van der Waals surface area contributed by atoms with E-state index in [1.807, 2.05) is 30.5 Å². The second-order valence-electron chi connectivity index (χ2n) is 8.05. The number of amides is 1. The Kier molecular flexibility index (Phi) is 5.27. The van der Waals surface area contributed by atoms with Crippen molar-refractivity contribution in [3.8, 4) is 17.0 Å². The summed E-state index contributed by atoms with van der Waals surface area (Å²) in [5.74, 6) is 0.172. The molecule has 2 heterocycles. The molecule has 1 amide bonds. The first-order valence-corrected chi connectivity index (χ1v) is 11.4. The molecule has 6 nitrogen and oxygen atoms in total. The molecule has 1 aliphatic rings. The van der Waals surface area contributed by atoms with Crippen LogP contribution in [0.1, 0.15) is 28.7 Å². The third kappa shape index (κ3) is 3.91. The molecule has 0 unspecified atom stereocenters. The zero-order valence-electron chi connectivity index (χ0n) is 17.9. The second-order valence-corrected chi connectivity index (χ2v) is 8.91. The van der Waals surface area contributed by atoms with Gasteiger partial charge in [-0.05, 0) is 56.4 Å². The number of carbonyl (C=O) groups is 1. The van der Waals surface area contributed by atoms with Crippen LogP contribution in [-0.4, -0.2) is 17.5 Å². The van der Waals surface area contributed by atoms with Crippen molar-refractivity contribution in [2.45, 2.75) is 33.1 Å². The largest absolute Gasteiger partial charge is 0.484 e. The minimum Gasteiger partial charge on any atom is -0.484 e. The van der Waals surface area contributed by atoms with Crippen molar-refractivity contribution >= 4 is 33.3 Å². The minimum atomic E-state index is -0.304. The van der Waals surface area contributed by atoms with Crippen molar-refractivity contribution in [1.29, 1.82) is 0 Å². The van der Waals surface area contributed by atoms with Crippen molar-refractivity contribution in [2.75, 3.05) is 11.9 Å². The first-order chi connectivity index (χ1) is 15.5. The Morgan fingerprint density at radius 2 is 2.00 bits per heavy atom. The van der Waals surface area contributed by atoms with Crippen LogP contribution in [0.15, 0.2) is 51.0 Å². The fourth-order valence-electron chi connectivity index (χ4n) is 4.21. The lowest BCUT2D eigenvalue weighted by atomic mass is 10.0. The van der Waals surface area contributed by atoms with Crippen molar-refractivity contribution < 1.29 is 13.9 Å². The average molecular weight is 447 g/mol. The fraction of sp³-hybridized carbons (Fsp3) is 0.240. The van der Waals surface area contributed by atoms with E-state index in [1.54, 1.807) is 12.1 Å². The molecule has 0 saturated carbocycles.